The first kappa shape index (κ1) is 44.1. The van der Waals surface area contributed by atoms with Crippen LogP contribution in [0.3, 0.4) is 0 Å². The maximum absolute atomic E-state index is 15.3. The summed E-state index contributed by atoms with van der Waals surface area (Å²) in [4.78, 5) is 0. The zero-order valence-electron chi connectivity index (χ0n) is 31.7. The van der Waals surface area contributed by atoms with Crippen LogP contribution in [0, 0.1) is 0 Å². The van der Waals surface area contributed by atoms with Crippen molar-refractivity contribution in [2.24, 2.45) is 0 Å². The smallest absolute Gasteiger partial charge is 0.202 e. The van der Waals surface area contributed by atoms with Crippen molar-refractivity contribution in [3.05, 3.63) is 182 Å². The Morgan fingerprint density at radius 1 is 0.390 bits per heavy atom. The Balaban J connectivity index is 2.10. The van der Waals surface area contributed by atoms with E-state index in [4.69, 9.17) is 0 Å². The van der Waals surface area contributed by atoms with Gasteiger partial charge < -0.3 is 0 Å². The Bertz CT molecular complexity index is 2170. The molecule has 0 radical (unpaired) electrons. The highest BCUT2D eigenvalue weighted by Gasteiger charge is 2.79. The zero-order chi connectivity index (χ0) is 42.7. The van der Waals surface area contributed by atoms with Gasteiger partial charge >= 0.3 is 31.1 Å². The van der Waals surface area contributed by atoms with Gasteiger partial charge in [-0.15, -0.1) is 0 Å². The lowest BCUT2D eigenvalue weighted by molar-refractivity contribution is -0.0598. The lowest BCUT2D eigenvalue weighted by Crippen LogP contribution is -2.70. The van der Waals surface area contributed by atoms with Crippen LogP contribution in [0.1, 0.15) is 26.7 Å². The Morgan fingerprint density at radius 3 is 0.729 bits per heavy atom. The van der Waals surface area contributed by atoms with E-state index in [1.807, 2.05) is 0 Å². The average Bonchev–Trinajstić information content (AvgIpc) is 3.24. The van der Waals surface area contributed by atoms with Crippen molar-refractivity contribution in [1.29, 1.82) is 0 Å². The topological polar surface area (TPSA) is 74.8 Å². The quantitative estimate of drug-likeness (QED) is 0.0623. The largest absolute Gasteiger partial charge is 0.512 e. The highest BCUT2D eigenvalue weighted by atomic mass is 32.3. The molecule has 0 heterocycles. The monoisotopic (exact) mass is 888 g/mol. The van der Waals surface area contributed by atoms with Crippen molar-refractivity contribution in [3.8, 4) is 0 Å². The van der Waals surface area contributed by atoms with Gasteiger partial charge in [0.15, 0.2) is 5.66 Å². The standard InChI is InChI=1S/C43H40F6N2O4P2S2/c1-3-41(4-2,51(58(52,53)42(44,45)46)59(54,55)43(47,48)49)50(56(35-23-11-5-12-24-35,36-25-13-6-14-26-36)37-27-15-7-16-28-37)57(38-29-17-8-18-30-38,39-31-19-9-20-32-39)40-33-21-10-22-34-40/h5-34H,3-4H2,1-2H3/q+2. The van der Waals surface area contributed by atoms with Crippen molar-refractivity contribution in [2.75, 3.05) is 0 Å². The molecule has 308 valence electrons. The van der Waals surface area contributed by atoms with Crippen LogP contribution in [0.15, 0.2) is 182 Å². The SMILES string of the molecule is CCC(CC)(N([P+](c1ccccc1)(c1ccccc1)c1ccccc1)[P+](c1ccccc1)(c1ccccc1)c1ccccc1)N(S(=O)(=O)C(F)(F)F)S(=O)(=O)C(F)(F)F. The molecule has 0 N–H and O–H groups in total. The van der Waals surface area contributed by atoms with Gasteiger partial charge in [0.1, 0.15) is 31.8 Å². The fraction of sp³-hybridized carbons (Fsp3) is 0.163. The highest BCUT2D eigenvalue weighted by molar-refractivity contribution is 8.07. The Kier molecular flexibility index (Phi) is 12.7. The van der Waals surface area contributed by atoms with Crippen LogP contribution in [0.4, 0.5) is 26.3 Å². The molecule has 0 aliphatic rings. The molecular formula is C43H40F6N2O4P2S2+2. The third kappa shape index (κ3) is 7.32. The molecule has 0 fully saturated rings. The summed E-state index contributed by atoms with van der Waals surface area (Å²) >= 11 is 0. The lowest BCUT2D eigenvalue weighted by atomic mass is 10.1. The number of hydrogen-bond acceptors (Lipinski definition) is 5. The molecule has 0 saturated heterocycles. The molecule has 0 aromatic heterocycles. The van der Waals surface area contributed by atoms with Gasteiger partial charge in [0, 0.05) is 0 Å². The molecule has 6 aromatic carbocycles. The van der Waals surface area contributed by atoms with Crippen LogP contribution in [0.25, 0.3) is 0 Å². The molecule has 6 aromatic rings. The molecule has 0 spiro atoms. The molecule has 59 heavy (non-hydrogen) atoms. The second-order valence-electron chi connectivity index (χ2n) is 13.4. The molecule has 6 nitrogen and oxygen atoms in total. The van der Waals surface area contributed by atoms with Crippen molar-refractivity contribution in [1.82, 2.24) is 8.15 Å². The van der Waals surface area contributed by atoms with Crippen molar-refractivity contribution in [3.63, 3.8) is 0 Å². The van der Waals surface area contributed by atoms with Gasteiger partial charge in [0.2, 0.25) is 14.8 Å². The Hall–Kier alpha value is -4.42. The summed E-state index contributed by atoms with van der Waals surface area (Å²) in [5.74, 6) is 0. The second-order valence-corrected chi connectivity index (χ2v) is 23.9. The van der Waals surface area contributed by atoms with Gasteiger partial charge in [0.05, 0.1) is 0 Å². The predicted molar refractivity (Wildman–Crippen MR) is 227 cm³/mol. The van der Waals surface area contributed by atoms with E-state index < -0.39 is 68.1 Å². The molecule has 0 unspecified atom stereocenters. The summed E-state index contributed by atoms with van der Waals surface area (Å²) < 4.78 is 150. The van der Waals surface area contributed by atoms with Gasteiger partial charge in [-0.05, 0) is 90.1 Å². The van der Waals surface area contributed by atoms with E-state index in [2.05, 4.69) is 0 Å². The number of nitrogens with zero attached hydrogens (tertiary/aromatic N) is 2. The van der Waals surface area contributed by atoms with Crippen LogP contribution in [-0.4, -0.2) is 41.7 Å². The fourth-order valence-electron chi connectivity index (χ4n) is 7.80. The zero-order valence-corrected chi connectivity index (χ0v) is 35.2. The summed E-state index contributed by atoms with van der Waals surface area (Å²) in [6.07, 6.45) is -1.73. The predicted octanol–water partition coefficient (Wildman–Crippen LogP) is 8.62. The van der Waals surface area contributed by atoms with E-state index in [-0.39, 0.29) is 0 Å². The van der Waals surface area contributed by atoms with E-state index >= 15 is 26.3 Å². The van der Waals surface area contributed by atoms with E-state index in [0.717, 1.165) is 0 Å². The fourth-order valence-corrected chi connectivity index (χ4v) is 23.6. The normalized spacial score (nSPS) is 13.5. The maximum Gasteiger partial charge on any atom is 0.512 e. The summed E-state index contributed by atoms with van der Waals surface area (Å²) in [5, 5.41) is 2.44. The summed E-state index contributed by atoms with van der Waals surface area (Å²) in [6, 6.07) is 50.8. The second kappa shape index (κ2) is 16.9. The molecule has 0 aliphatic carbocycles. The number of alkyl halides is 6. The van der Waals surface area contributed by atoms with Gasteiger partial charge in [-0.2, -0.15) is 26.3 Å². The molecule has 0 bridgehead atoms. The first-order valence-corrected chi connectivity index (χ1v) is 24.7. The number of hydrogen-bond donors (Lipinski definition) is 0. The molecular weight excluding hydrogens is 849 g/mol. The molecule has 0 atom stereocenters. The average molecular weight is 889 g/mol. The van der Waals surface area contributed by atoms with E-state index in [1.165, 1.54) is 18.3 Å². The van der Waals surface area contributed by atoms with Crippen LogP contribution < -0.4 is 31.8 Å². The minimum absolute atomic E-state index is 0.407. The molecule has 0 saturated carbocycles. The van der Waals surface area contributed by atoms with E-state index in [0.29, 0.717) is 31.8 Å². The van der Waals surface area contributed by atoms with E-state index in [1.54, 1.807) is 182 Å². The van der Waals surface area contributed by atoms with Gasteiger partial charge in [-0.3, -0.25) is 0 Å². The van der Waals surface area contributed by atoms with Gasteiger partial charge in [-0.25, -0.2) is 16.8 Å². The summed E-state index contributed by atoms with van der Waals surface area (Å²) in [5.41, 5.74) is -16.2. The first-order chi connectivity index (χ1) is 28.0. The molecule has 0 amide bonds. The van der Waals surface area contributed by atoms with Crippen LogP contribution in [0.2, 0.25) is 0 Å². The molecule has 6 rings (SSSR count). The molecule has 0 aliphatic heterocycles. The van der Waals surface area contributed by atoms with Crippen molar-refractivity contribution >= 4 is 66.7 Å². The van der Waals surface area contributed by atoms with Crippen LogP contribution in [-0.2, 0) is 20.0 Å². The minimum atomic E-state index is -7.40. The first-order valence-electron chi connectivity index (χ1n) is 18.3. The number of halogens is 6. The highest BCUT2D eigenvalue weighted by Crippen LogP contribution is 2.79. The van der Waals surface area contributed by atoms with Crippen molar-refractivity contribution in [2.45, 2.75) is 43.4 Å². The van der Waals surface area contributed by atoms with Crippen LogP contribution >= 0.6 is 14.8 Å². The summed E-state index contributed by atoms with van der Waals surface area (Å²) in [7, 11) is -23.1. The number of sulfonamides is 2. The lowest BCUT2D eigenvalue weighted by Gasteiger charge is -2.53. The Labute approximate surface area is 342 Å². The van der Waals surface area contributed by atoms with Gasteiger partial charge in [-0.1, -0.05) is 127 Å². The third-order valence-electron chi connectivity index (χ3n) is 10.2. The number of benzene rings is 6. The Morgan fingerprint density at radius 2 is 0.576 bits per heavy atom. The van der Waals surface area contributed by atoms with Crippen molar-refractivity contribution < 1.29 is 43.2 Å². The van der Waals surface area contributed by atoms with Crippen LogP contribution in [0.5, 0.6) is 0 Å². The summed E-state index contributed by atoms with van der Waals surface area (Å²) in [6.45, 7) is 2.46. The number of rotatable bonds is 14. The maximum atomic E-state index is 15.3. The van der Waals surface area contributed by atoms with Gasteiger partial charge in [0.25, 0.3) is 0 Å². The third-order valence-corrected chi connectivity index (χ3v) is 23.9. The minimum Gasteiger partial charge on any atom is -0.202 e. The van der Waals surface area contributed by atoms with E-state index in [9.17, 15) is 16.8 Å². The molecule has 16 heteroatoms.